The lowest BCUT2D eigenvalue weighted by atomic mass is 9.70. The largest absolute Gasteiger partial charge is 0.472 e. The van der Waals surface area contributed by atoms with Crippen LogP contribution in [0.3, 0.4) is 0 Å². The van der Waals surface area contributed by atoms with E-state index in [4.69, 9.17) is 14.2 Å². The summed E-state index contributed by atoms with van der Waals surface area (Å²) < 4.78 is 62.9. The molecule has 4 heterocycles. The molecule has 2 saturated heterocycles. The number of carbonyl (C=O) groups excluding carboxylic acids is 1. The minimum Gasteiger partial charge on any atom is -0.472 e. The molecule has 3 aromatic carbocycles. The number of benzene rings is 3. The van der Waals surface area contributed by atoms with Gasteiger partial charge in [0.2, 0.25) is 0 Å². The topological polar surface area (TPSA) is 201 Å². The van der Waals surface area contributed by atoms with Gasteiger partial charge in [0.05, 0.1) is 32.5 Å². The lowest BCUT2D eigenvalue weighted by Gasteiger charge is -2.57. The first-order valence-corrected chi connectivity index (χ1v) is 26.4. The van der Waals surface area contributed by atoms with Crippen LogP contribution >= 0.6 is 0 Å². The van der Waals surface area contributed by atoms with Gasteiger partial charge in [-0.25, -0.2) is 17.5 Å². The number of aliphatic hydroxyl groups is 1. The Morgan fingerprint density at radius 2 is 1.75 bits per heavy atom. The molecule has 9 rings (SSSR count). The fourth-order valence-electron chi connectivity index (χ4n) is 11.2. The number of nitro groups is 1. The van der Waals surface area contributed by atoms with E-state index >= 15 is 4.39 Å². The van der Waals surface area contributed by atoms with Crippen LogP contribution in [-0.4, -0.2) is 103 Å². The number of piperidine rings is 1. The summed E-state index contributed by atoms with van der Waals surface area (Å²) in [5.74, 6) is -0.564. The summed E-state index contributed by atoms with van der Waals surface area (Å²) in [5, 5.41) is 25.8. The maximum absolute atomic E-state index is 15.1. The molecule has 1 spiro atoms. The molecule has 71 heavy (non-hydrogen) atoms. The normalized spacial score (nSPS) is 22.9. The number of anilines is 2. The standard InChI is InChI=1S/C53H66FN7O9S/c1-33(2)38-9-6-7-10-39(38)40-11-8-12-45(40)60-31-53(32-60)21-23-59(24-22-53)36-13-15-41(47(25-36)70-48-27-42-43(54)29-56-49(42)57-51(48)69-30-34(3)68-5)50(62)58-71(66,67)37-14-16-44(46(26-37)61(64)65)55-28-35-17-19-52(4,63)20-18-35/h6-7,9-10,13-16,25-27,29,33-35,40,45,55,63H,8,11-12,17-24,28,30-32H2,1-5H3,(H,56,57)(H,58,62)/t34-,35?,40+,45+,52?/m1/s1. The Bertz CT molecular complexity index is 2870. The van der Waals surface area contributed by atoms with E-state index in [0.29, 0.717) is 37.3 Å². The lowest BCUT2D eigenvalue weighted by Crippen LogP contribution is -2.63. The number of H-pyrrole nitrogens is 1. The Hall–Kier alpha value is -5.82. The van der Waals surface area contributed by atoms with Crippen LogP contribution in [0.25, 0.3) is 11.0 Å². The Labute approximate surface area is 414 Å². The minimum atomic E-state index is -4.69. The summed E-state index contributed by atoms with van der Waals surface area (Å²) in [6.07, 6.45) is 9.09. The second kappa shape index (κ2) is 20.4. The quantitative estimate of drug-likeness (QED) is 0.0507. The van der Waals surface area contributed by atoms with Crippen LogP contribution in [0.2, 0.25) is 0 Å². The molecule has 5 aromatic rings. The van der Waals surface area contributed by atoms with Gasteiger partial charge in [-0.15, -0.1) is 0 Å². The zero-order valence-electron chi connectivity index (χ0n) is 41.2. The number of ether oxygens (including phenoxy) is 3. The molecule has 16 nitrogen and oxygen atoms in total. The predicted molar refractivity (Wildman–Crippen MR) is 270 cm³/mol. The molecule has 1 amide bonds. The molecule has 3 atom stereocenters. The number of sulfonamides is 1. The Morgan fingerprint density at radius 3 is 2.46 bits per heavy atom. The van der Waals surface area contributed by atoms with Crippen molar-refractivity contribution >= 4 is 44.0 Å². The number of aromatic nitrogens is 2. The molecule has 4 aliphatic rings. The van der Waals surface area contributed by atoms with E-state index in [9.17, 15) is 28.4 Å². The number of hydrogen-bond acceptors (Lipinski definition) is 13. The third-order valence-corrected chi connectivity index (χ3v) is 16.9. The first-order chi connectivity index (χ1) is 33.9. The fraction of sp³-hybridized carbons (Fsp3) is 0.509. The van der Waals surface area contributed by atoms with E-state index in [2.05, 4.69) is 67.9 Å². The smallest absolute Gasteiger partial charge is 0.293 e. The van der Waals surface area contributed by atoms with Gasteiger partial charge in [0.25, 0.3) is 27.5 Å². The molecule has 2 aliphatic carbocycles. The maximum Gasteiger partial charge on any atom is 0.293 e. The van der Waals surface area contributed by atoms with E-state index in [1.54, 1.807) is 26.0 Å². The monoisotopic (exact) mass is 995 g/mol. The summed E-state index contributed by atoms with van der Waals surface area (Å²) >= 11 is 0. The lowest BCUT2D eigenvalue weighted by molar-refractivity contribution is -0.384. The highest BCUT2D eigenvalue weighted by molar-refractivity contribution is 7.90. The van der Waals surface area contributed by atoms with Gasteiger partial charge in [0, 0.05) is 76.0 Å². The van der Waals surface area contributed by atoms with Crippen molar-refractivity contribution in [2.75, 3.05) is 56.7 Å². The van der Waals surface area contributed by atoms with Crippen LogP contribution in [-0.2, 0) is 14.8 Å². The molecule has 4 N–H and O–H groups in total. The van der Waals surface area contributed by atoms with Crippen LogP contribution in [0.5, 0.6) is 17.4 Å². The highest BCUT2D eigenvalue weighted by Crippen LogP contribution is 2.49. The van der Waals surface area contributed by atoms with Crippen molar-refractivity contribution in [1.29, 1.82) is 0 Å². The second-order valence-corrected chi connectivity index (χ2v) is 22.6. The first-order valence-electron chi connectivity index (χ1n) is 25.0. The van der Waals surface area contributed by atoms with Crippen LogP contribution < -0.4 is 24.4 Å². The highest BCUT2D eigenvalue weighted by Gasteiger charge is 2.49. The molecule has 4 fully saturated rings. The predicted octanol–water partition coefficient (Wildman–Crippen LogP) is 9.65. The van der Waals surface area contributed by atoms with Crippen LogP contribution in [0.4, 0.5) is 21.5 Å². The third kappa shape index (κ3) is 10.9. The number of pyridine rings is 1. The molecule has 2 saturated carbocycles. The number of aromatic amines is 1. The molecule has 0 radical (unpaired) electrons. The zero-order chi connectivity index (χ0) is 50.2. The van der Waals surface area contributed by atoms with Gasteiger partial charge in [-0.2, -0.15) is 4.98 Å². The van der Waals surface area contributed by atoms with Crippen molar-refractivity contribution in [1.82, 2.24) is 19.6 Å². The minimum absolute atomic E-state index is 0.0179. The number of fused-ring (bicyclic) bond motifs is 1. The van der Waals surface area contributed by atoms with Gasteiger partial charge in [0.15, 0.2) is 5.75 Å². The number of methoxy groups -OCH3 is 1. The summed E-state index contributed by atoms with van der Waals surface area (Å²) in [7, 11) is -3.15. The van der Waals surface area contributed by atoms with Gasteiger partial charge in [-0.05, 0) is 124 Å². The van der Waals surface area contributed by atoms with Crippen molar-refractivity contribution in [3.05, 3.63) is 106 Å². The Kier molecular flexibility index (Phi) is 14.4. The van der Waals surface area contributed by atoms with E-state index < -0.39 is 42.9 Å². The van der Waals surface area contributed by atoms with Crippen molar-refractivity contribution < 1.29 is 41.8 Å². The van der Waals surface area contributed by atoms with Gasteiger partial charge in [-0.1, -0.05) is 44.5 Å². The number of amides is 1. The molecule has 0 unspecified atom stereocenters. The molecule has 2 aromatic heterocycles. The number of nitro benzene ring substituents is 1. The number of carbonyl (C=O) groups is 1. The first kappa shape index (κ1) is 50.1. The Morgan fingerprint density at radius 1 is 1.00 bits per heavy atom. The number of nitrogens with zero attached hydrogens (tertiary/aromatic N) is 4. The van der Waals surface area contributed by atoms with Crippen molar-refractivity contribution in [2.45, 2.75) is 120 Å². The van der Waals surface area contributed by atoms with Crippen molar-refractivity contribution in [2.24, 2.45) is 11.3 Å². The molecule has 0 bridgehead atoms. The molecular weight excluding hydrogens is 930 g/mol. The van der Waals surface area contributed by atoms with E-state index in [0.717, 1.165) is 69.8 Å². The number of halogens is 1. The molecule has 380 valence electrons. The van der Waals surface area contributed by atoms with Gasteiger partial charge in [0.1, 0.15) is 29.5 Å². The van der Waals surface area contributed by atoms with Crippen LogP contribution in [0.15, 0.2) is 77.8 Å². The number of likely N-dealkylation sites (tertiary alicyclic amines) is 1. The maximum atomic E-state index is 15.1. The zero-order valence-corrected chi connectivity index (χ0v) is 42.0. The third-order valence-electron chi connectivity index (χ3n) is 15.5. The summed E-state index contributed by atoms with van der Waals surface area (Å²) in [6, 6.07) is 19.2. The second-order valence-electron chi connectivity index (χ2n) is 20.9. The van der Waals surface area contributed by atoms with Gasteiger partial charge in [-0.3, -0.25) is 19.8 Å². The van der Waals surface area contributed by atoms with E-state index in [1.165, 1.54) is 61.8 Å². The SMILES string of the molecule is CO[C@H](C)COc1nc2[nH]cc(F)c2cc1Oc1cc(N2CCC3(CC2)CN([C@H]2CCC[C@H]2c2ccccc2C(C)C)C3)ccc1C(=O)NS(=O)(=O)c1ccc(NCC2CCC(C)(O)CC2)c([N+](=O)[O-])c1. The summed E-state index contributed by atoms with van der Waals surface area (Å²) in [6.45, 7) is 12.2. The van der Waals surface area contributed by atoms with Crippen molar-refractivity contribution in [3.8, 4) is 17.4 Å². The average molecular weight is 996 g/mol. The van der Waals surface area contributed by atoms with E-state index in [-0.39, 0.29) is 63.7 Å². The van der Waals surface area contributed by atoms with Crippen molar-refractivity contribution in [3.63, 3.8) is 0 Å². The van der Waals surface area contributed by atoms with Gasteiger partial charge >= 0.3 is 0 Å². The van der Waals surface area contributed by atoms with Crippen LogP contribution in [0.1, 0.15) is 119 Å². The summed E-state index contributed by atoms with van der Waals surface area (Å²) in [4.78, 5) is 37.6. The average Bonchev–Trinajstić information content (AvgIpc) is 3.97. The summed E-state index contributed by atoms with van der Waals surface area (Å²) in [5.41, 5.74) is 2.84. The Balaban J connectivity index is 0.951. The number of nitrogens with one attached hydrogen (secondary N) is 3. The molecule has 2 aliphatic heterocycles. The molecule has 18 heteroatoms. The van der Waals surface area contributed by atoms with Crippen LogP contribution in [0, 0.1) is 27.3 Å². The number of rotatable bonds is 17. The fourth-order valence-corrected chi connectivity index (χ4v) is 12.2. The highest BCUT2D eigenvalue weighted by atomic mass is 32.2. The molecular formula is C53H66FN7O9S. The van der Waals surface area contributed by atoms with E-state index in [1.807, 2.05) is 0 Å². The van der Waals surface area contributed by atoms with Gasteiger partial charge < -0.3 is 34.5 Å². The number of hydrogen-bond donors (Lipinski definition) is 4.